The molecule has 0 radical (unpaired) electrons. The number of alkyl halides is 1. The number of aryl methyl sites for hydroxylation is 3. The summed E-state index contributed by atoms with van der Waals surface area (Å²) in [6.45, 7) is 60.7. The number of hydrogen-bond donors (Lipinski definition) is 0. The van der Waals surface area contributed by atoms with E-state index in [4.69, 9.17) is 27.9 Å². The van der Waals surface area contributed by atoms with E-state index in [0.29, 0.717) is 0 Å². The van der Waals surface area contributed by atoms with E-state index in [9.17, 15) is 0 Å². The topological polar surface area (TPSA) is 70.2 Å². The summed E-state index contributed by atoms with van der Waals surface area (Å²) in [5, 5.41) is 8.03. The lowest BCUT2D eigenvalue weighted by Crippen LogP contribution is -2.41. The third-order valence-electron chi connectivity index (χ3n) is 15.6. The van der Waals surface area contributed by atoms with Crippen LogP contribution in [-0.2, 0) is 49.1 Å². The van der Waals surface area contributed by atoms with Crippen LogP contribution in [0, 0.1) is 0 Å². The molecule has 0 spiro atoms. The van der Waals surface area contributed by atoms with Gasteiger partial charge in [0.15, 0.2) is 0 Å². The Balaban J connectivity index is 0. The van der Waals surface area contributed by atoms with Crippen LogP contribution in [0.3, 0.4) is 0 Å². The molecule has 3 aromatic heterocycles. The van der Waals surface area contributed by atoms with Crippen LogP contribution in [0.15, 0.2) is 146 Å². The molecule has 6 aromatic carbocycles. The van der Waals surface area contributed by atoms with Crippen molar-refractivity contribution >= 4 is 109 Å². The Bertz CT molecular complexity index is 2830. The average molecular weight is 1350 g/mol. The summed E-state index contributed by atoms with van der Waals surface area (Å²) < 4.78 is 42.9. The van der Waals surface area contributed by atoms with Crippen molar-refractivity contribution in [2.45, 2.75) is 248 Å². The van der Waals surface area contributed by atoms with Crippen molar-refractivity contribution < 1.29 is 27.9 Å². The fourth-order valence-electron chi connectivity index (χ4n) is 9.49. The second-order valence-electron chi connectivity index (χ2n) is 22.8. The molecular weight excluding hydrogens is 1220 g/mol. The lowest BCUT2D eigenvalue weighted by Gasteiger charge is -2.32. The van der Waals surface area contributed by atoms with E-state index in [1.807, 2.05) is 159 Å². The second kappa shape index (κ2) is 42.6. The SMILES string of the molecule is CB1OC(C)(C)C(C)(C)O1.CC.CC.CC.CC.CC.CC.CC.CC1(C)OB(B2OC(C)(C)C(C)(C)O2)OC1(C)C.CCC.CCI.Cn1c2ccccc2c2ccccc21.Cn1c2ccccc2c2ccccc21.Cn1c2ccccc2c2ccccc21. The molecule has 3 fully saturated rings. The van der Waals surface area contributed by atoms with E-state index in [2.05, 4.69) is 251 Å². The number of benzene rings is 6. The highest BCUT2D eigenvalue weighted by Crippen LogP contribution is 2.43. The average Bonchev–Trinajstić information content (AvgIpc) is 1.69. The highest BCUT2D eigenvalue weighted by molar-refractivity contribution is 14.1. The molecular formula is C77H127B3IN3O6. The molecule has 9 nitrogen and oxygen atoms in total. The van der Waals surface area contributed by atoms with Gasteiger partial charge in [-0.15, -0.1) is 0 Å². The summed E-state index contributed by atoms with van der Waals surface area (Å²) in [6, 6.07) is 51.1. The lowest BCUT2D eigenvalue weighted by molar-refractivity contribution is 0.00578. The minimum Gasteiger partial charge on any atom is -0.405 e. The molecule has 0 amide bonds. The standard InChI is InChI=1S/3C13H11N.C12H24B2O4.C7H15BO2.C3H8.C2H5I.7C2H6/c3*1-14-12-8-4-2-6-10(12)11-7-3-5-9-13(11)14;1-9(2)10(3,4)16-13(15-9)14-17-11(5,6)12(7,8)18-14;1-6(2)7(3,4)10-8(5)9-6;1-3-2;1-2-3;7*1-2/h3*2-9H,1H3;1-8H3;1-5H3;3H2,1-2H3;2H2,1H3;7*1-2H3. The lowest BCUT2D eigenvalue weighted by atomic mass is 9.49. The van der Waals surface area contributed by atoms with Crippen LogP contribution in [0.4, 0.5) is 0 Å². The van der Waals surface area contributed by atoms with E-state index in [1.54, 1.807) is 0 Å². The minimum atomic E-state index is -0.476. The van der Waals surface area contributed by atoms with Crippen molar-refractivity contribution in [1.29, 1.82) is 0 Å². The Hall–Kier alpha value is -4.60. The van der Waals surface area contributed by atoms with Crippen molar-refractivity contribution in [2.24, 2.45) is 21.1 Å². The molecule has 3 aliphatic rings. The number of aromatic nitrogens is 3. The van der Waals surface area contributed by atoms with Gasteiger partial charge >= 0.3 is 21.1 Å². The molecule has 13 heteroatoms. The van der Waals surface area contributed by atoms with Gasteiger partial charge in [0.25, 0.3) is 0 Å². The number of halogens is 1. The molecule has 9 aromatic rings. The van der Waals surface area contributed by atoms with E-state index >= 15 is 0 Å². The number of rotatable bonds is 1. The Labute approximate surface area is 566 Å². The van der Waals surface area contributed by atoms with Gasteiger partial charge in [-0.05, 0) is 131 Å². The van der Waals surface area contributed by atoms with E-state index < -0.39 is 14.0 Å². The largest absolute Gasteiger partial charge is 0.488 e. The molecule has 3 aliphatic heterocycles. The molecule has 0 unspecified atom stereocenters. The highest BCUT2D eigenvalue weighted by Gasteiger charge is 2.63. The van der Waals surface area contributed by atoms with Crippen molar-refractivity contribution in [3.8, 4) is 0 Å². The first kappa shape index (κ1) is 87.5. The Kier molecular flexibility index (Phi) is 41.4. The first-order valence-corrected chi connectivity index (χ1v) is 35.6. The zero-order valence-electron chi connectivity index (χ0n) is 63.2. The summed E-state index contributed by atoms with van der Waals surface area (Å²) >= 11 is 2.29. The monoisotopic (exact) mass is 1350 g/mol. The normalized spacial score (nSPS) is 15.7. The highest BCUT2D eigenvalue weighted by atomic mass is 127. The van der Waals surface area contributed by atoms with Crippen LogP contribution in [0.1, 0.15) is 207 Å². The van der Waals surface area contributed by atoms with E-state index in [-0.39, 0.29) is 40.7 Å². The Morgan fingerprint density at radius 1 is 0.289 bits per heavy atom. The molecule has 90 heavy (non-hydrogen) atoms. The molecule has 6 heterocycles. The number of para-hydroxylation sites is 6. The molecule has 0 bridgehead atoms. The molecule has 502 valence electrons. The molecule has 0 aliphatic carbocycles. The van der Waals surface area contributed by atoms with Crippen LogP contribution >= 0.6 is 22.6 Å². The molecule has 12 rings (SSSR count). The number of nitrogens with zero attached hydrogens (tertiary/aromatic N) is 3. The third-order valence-corrected chi connectivity index (χ3v) is 15.6. The van der Waals surface area contributed by atoms with E-state index in [0.717, 1.165) is 0 Å². The maximum Gasteiger partial charge on any atom is 0.488 e. The predicted molar refractivity (Wildman–Crippen MR) is 415 cm³/mol. The Morgan fingerprint density at radius 2 is 0.411 bits per heavy atom. The van der Waals surface area contributed by atoms with Gasteiger partial charge in [0.05, 0.1) is 33.6 Å². The molecule has 0 N–H and O–H groups in total. The van der Waals surface area contributed by atoms with Crippen LogP contribution in [0.5, 0.6) is 0 Å². The summed E-state index contributed by atoms with van der Waals surface area (Å²) in [5.74, 6) is 0. The van der Waals surface area contributed by atoms with Gasteiger partial charge < -0.3 is 41.6 Å². The predicted octanol–water partition coefficient (Wildman–Crippen LogP) is 24.0. The smallest absolute Gasteiger partial charge is 0.405 e. The van der Waals surface area contributed by atoms with Crippen LogP contribution in [0.2, 0.25) is 6.82 Å². The van der Waals surface area contributed by atoms with Crippen molar-refractivity contribution in [3.05, 3.63) is 146 Å². The van der Waals surface area contributed by atoms with Crippen molar-refractivity contribution in [1.82, 2.24) is 13.7 Å². The number of hydrogen-bond acceptors (Lipinski definition) is 6. The quantitative estimate of drug-likeness (QED) is 0.0927. The van der Waals surface area contributed by atoms with Gasteiger partial charge in [-0.25, -0.2) is 0 Å². The fraction of sp³-hybridized carbons (Fsp3) is 0.532. The summed E-state index contributed by atoms with van der Waals surface area (Å²) in [6.07, 6.45) is 1.25. The van der Waals surface area contributed by atoms with Gasteiger partial charge in [-0.3, -0.25) is 0 Å². The maximum atomic E-state index is 5.96. The zero-order chi connectivity index (χ0) is 70.0. The second-order valence-corrected chi connectivity index (χ2v) is 24.4. The number of fused-ring (bicyclic) bond motifs is 9. The van der Waals surface area contributed by atoms with Gasteiger partial charge in [-0.1, -0.05) is 256 Å². The van der Waals surface area contributed by atoms with Crippen LogP contribution in [-0.4, -0.2) is 72.9 Å². The zero-order valence-corrected chi connectivity index (χ0v) is 65.3. The van der Waals surface area contributed by atoms with Crippen molar-refractivity contribution in [2.75, 3.05) is 4.43 Å². The van der Waals surface area contributed by atoms with E-state index in [1.165, 1.54) is 76.3 Å². The third kappa shape index (κ3) is 22.6. The fourth-order valence-corrected chi connectivity index (χ4v) is 9.49. The first-order valence-electron chi connectivity index (χ1n) is 34.1. The molecule has 3 saturated heterocycles. The van der Waals surface area contributed by atoms with Gasteiger partial charge in [0.2, 0.25) is 0 Å². The summed E-state index contributed by atoms with van der Waals surface area (Å²) in [7, 11) is 5.33. The first-order chi connectivity index (χ1) is 42.7. The molecule has 0 atom stereocenters. The van der Waals surface area contributed by atoms with Crippen molar-refractivity contribution in [3.63, 3.8) is 0 Å². The maximum absolute atomic E-state index is 5.96. The summed E-state index contributed by atoms with van der Waals surface area (Å²) in [4.78, 5) is 0. The molecule has 0 saturated carbocycles. The van der Waals surface area contributed by atoms with Crippen LogP contribution in [0.25, 0.3) is 65.4 Å². The van der Waals surface area contributed by atoms with Gasteiger partial charge in [0.1, 0.15) is 0 Å². The Morgan fingerprint density at radius 3 is 0.533 bits per heavy atom. The van der Waals surface area contributed by atoms with Gasteiger partial charge in [0, 0.05) is 86.6 Å². The van der Waals surface area contributed by atoms with Crippen LogP contribution < -0.4 is 0 Å². The summed E-state index contributed by atoms with van der Waals surface area (Å²) in [5.41, 5.74) is 6.04. The van der Waals surface area contributed by atoms with Gasteiger partial charge in [-0.2, -0.15) is 0 Å². The minimum absolute atomic E-state index is 0.0648.